The van der Waals surface area contributed by atoms with Crippen LogP contribution in [0.5, 0.6) is 0 Å². The molecule has 0 N–H and O–H groups in total. The Hall–Kier alpha value is 1.22. The van der Waals surface area contributed by atoms with Crippen molar-refractivity contribution in [2.24, 2.45) is 0 Å². The second kappa shape index (κ2) is 3.76. The van der Waals surface area contributed by atoms with Crippen LogP contribution in [-0.2, 0) is 0 Å². The zero-order valence-corrected chi connectivity index (χ0v) is 10.0. The molecular formula is C6H2Cl6. The normalized spacial score (nSPS) is 23.5. The standard InChI is InChI=1S/C6H2Cl6/c7-2-1-3(8)5(10)6(11,12)4(2)9/h1H2. The summed E-state index contributed by atoms with van der Waals surface area (Å²) in [5.41, 5.74) is 0. The molecule has 1 aliphatic carbocycles. The van der Waals surface area contributed by atoms with E-state index in [-0.39, 0.29) is 16.5 Å². The minimum atomic E-state index is -1.49. The summed E-state index contributed by atoms with van der Waals surface area (Å²) in [4.78, 5) is 0. The van der Waals surface area contributed by atoms with Gasteiger partial charge < -0.3 is 0 Å². The number of halogens is 6. The van der Waals surface area contributed by atoms with Crippen LogP contribution in [0.4, 0.5) is 0 Å². The van der Waals surface area contributed by atoms with Gasteiger partial charge in [0.1, 0.15) is 0 Å². The van der Waals surface area contributed by atoms with Crippen LogP contribution in [0.15, 0.2) is 20.1 Å². The van der Waals surface area contributed by atoms with Crippen molar-refractivity contribution in [2.45, 2.75) is 10.8 Å². The van der Waals surface area contributed by atoms with Gasteiger partial charge in [0, 0.05) is 16.5 Å². The summed E-state index contributed by atoms with van der Waals surface area (Å²) < 4.78 is -1.49. The topological polar surface area (TPSA) is 0 Å². The van der Waals surface area contributed by atoms with E-state index in [0.717, 1.165) is 0 Å². The molecule has 0 unspecified atom stereocenters. The average molecular weight is 287 g/mol. The molecule has 0 radical (unpaired) electrons. The van der Waals surface area contributed by atoms with Crippen molar-refractivity contribution in [3.8, 4) is 0 Å². The Morgan fingerprint density at radius 3 is 1.50 bits per heavy atom. The lowest BCUT2D eigenvalue weighted by atomic mass is 10.2. The molecule has 0 nitrogen and oxygen atoms in total. The van der Waals surface area contributed by atoms with Gasteiger partial charge in [-0.1, -0.05) is 69.6 Å². The van der Waals surface area contributed by atoms with E-state index < -0.39 is 4.33 Å². The third-order valence-corrected chi connectivity index (χ3v) is 4.34. The number of hydrogen-bond acceptors (Lipinski definition) is 0. The lowest BCUT2D eigenvalue weighted by molar-refractivity contribution is 1.08. The van der Waals surface area contributed by atoms with E-state index in [1.807, 2.05) is 0 Å². The first-order chi connectivity index (χ1) is 5.37. The lowest BCUT2D eigenvalue weighted by Gasteiger charge is -2.24. The van der Waals surface area contributed by atoms with Crippen LogP contribution in [0.2, 0.25) is 0 Å². The molecule has 0 spiro atoms. The Balaban J connectivity index is 3.19. The first-order valence-electron chi connectivity index (χ1n) is 2.84. The molecule has 0 heterocycles. The van der Waals surface area contributed by atoms with Gasteiger partial charge in [-0.2, -0.15) is 0 Å². The van der Waals surface area contributed by atoms with Crippen LogP contribution >= 0.6 is 69.6 Å². The van der Waals surface area contributed by atoms with Crippen molar-refractivity contribution in [2.75, 3.05) is 0 Å². The van der Waals surface area contributed by atoms with Crippen molar-refractivity contribution in [3.05, 3.63) is 20.1 Å². The molecule has 0 saturated carbocycles. The second-order valence-corrected chi connectivity index (χ2v) is 5.18. The molecule has 0 aromatic rings. The second-order valence-electron chi connectivity index (χ2n) is 2.19. The molecule has 68 valence electrons. The Morgan fingerprint density at radius 2 is 1.17 bits per heavy atom. The van der Waals surface area contributed by atoms with Gasteiger partial charge in [0.05, 0.1) is 10.1 Å². The average Bonchev–Trinajstić information content (AvgIpc) is 1.99. The fourth-order valence-corrected chi connectivity index (χ4v) is 2.37. The van der Waals surface area contributed by atoms with Crippen molar-refractivity contribution in [1.82, 2.24) is 0 Å². The van der Waals surface area contributed by atoms with Crippen LogP contribution in [0.3, 0.4) is 0 Å². The van der Waals surface area contributed by atoms with Crippen molar-refractivity contribution < 1.29 is 0 Å². The van der Waals surface area contributed by atoms with Gasteiger partial charge >= 0.3 is 0 Å². The zero-order valence-electron chi connectivity index (χ0n) is 5.47. The Morgan fingerprint density at radius 1 is 0.833 bits per heavy atom. The van der Waals surface area contributed by atoms with Crippen molar-refractivity contribution in [3.63, 3.8) is 0 Å². The van der Waals surface area contributed by atoms with E-state index in [0.29, 0.717) is 10.1 Å². The fraction of sp³-hybridized carbons (Fsp3) is 0.333. The minimum absolute atomic E-state index is 0.113. The number of rotatable bonds is 0. The molecule has 0 amide bonds. The summed E-state index contributed by atoms with van der Waals surface area (Å²) >= 11 is 34.4. The summed E-state index contributed by atoms with van der Waals surface area (Å²) in [5, 5.41) is 0.857. The van der Waals surface area contributed by atoms with Gasteiger partial charge in [-0.3, -0.25) is 0 Å². The van der Waals surface area contributed by atoms with E-state index in [4.69, 9.17) is 69.6 Å². The summed E-state index contributed by atoms with van der Waals surface area (Å²) in [6, 6.07) is 0. The number of hydrogen-bond donors (Lipinski definition) is 0. The molecule has 0 bridgehead atoms. The largest absolute Gasteiger partial charge is 0.191 e. The molecule has 0 aromatic carbocycles. The van der Waals surface area contributed by atoms with Crippen LogP contribution in [0, 0.1) is 0 Å². The Kier molecular flexibility index (Phi) is 3.54. The first-order valence-corrected chi connectivity index (χ1v) is 5.11. The van der Waals surface area contributed by atoms with Gasteiger partial charge in [0.15, 0.2) is 4.33 Å². The van der Waals surface area contributed by atoms with E-state index >= 15 is 0 Å². The quantitative estimate of drug-likeness (QED) is 0.553. The van der Waals surface area contributed by atoms with Gasteiger partial charge in [0.25, 0.3) is 0 Å². The minimum Gasteiger partial charge on any atom is -0.0888 e. The lowest BCUT2D eigenvalue weighted by Crippen LogP contribution is -2.19. The summed E-state index contributed by atoms with van der Waals surface area (Å²) in [6.07, 6.45) is 0.280. The summed E-state index contributed by atoms with van der Waals surface area (Å²) in [7, 11) is 0. The fourth-order valence-electron chi connectivity index (χ4n) is 0.729. The van der Waals surface area contributed by atoms with E-state index in [2.05, 4.69) is 0 Å². The summed E-state index contributed by atoms with van der Waals surface area (Å²) in [5.74, 6) is 0. The van der Waals surface area contributed by atoms with Crippen LogP contribution in [0.1, 0.15) is 6.42 Å². The maximum Gasteiger partial charge on any atom is 0.191 e. The molecule has 6 heteroatoms. The Labute approximate surface area is 100.0 Å². The number of allylic oxidation sites excluding steroid dienone is 4. The van der Waals surface area contributed by atoms with Gasteiger partial charge in [-0.15, -0.1) is 0 Å². The zero-order chi connectivity index (χ0) is 9.52. The summed E-state index contributed by atoms with van der Waals surface area (Å²) in [6.45, 7) is 0. The van der Waals surface area contributed by atoms with Gasteiger partial charge in [0.2, 0.25) is 0 Å². The molecule has 1 rings (SSSR count). The molecule has 1 aliphatic rings. The van der Waals surface area contributed by atoms with E-state index in [1.54, 1.807) is 0 Å². The highest BCUT2D eigenvalue weighted by atomic mass is 35.5. The number of alkyl halides is 2. The molecule has 0 aliphatic heterocycles. The highest BCUT2D eigenvalue weighted by Gasteiger charge is 2.39. The Bertz CT molecular complexity index is 248. The van der Waals surface area contributed by atoms with Crippen LogP contribution in [-0.4, -0.2) is 4.33 Å². The SMILES string of the molecule is ClC1=C(Cl)C(Cl)(Cl)C(Cl)=C(Cl)C1. The van der Waals surface area contributed by atoms with Crippen molar-refractivity contribution >= 4 is 69.6 Å². The highest BCUT2D eigenvalue weighted by Crippen LogP contribution is 2.50. The molecule has 12 heavy (non-hydrogen) atoms. The maximum absolute atomic E-state index is 5.78. The first kappa shape index (κ1) is 11.3. The molecule has 0 aromatic heterocycles. The van der Waals surface area contributed by atoms with Crippen LogP contribution in [0.25, 0.3) is 0 Å². The molecule has 0 saturated heterocycles. The van der Waals surface area contributed by atoms with Gasteiger partial charge in [-0.25, -0.2) is 0 Å². The molecule has 0 fully saturated rings. The predicted octanol–water partition coefficient (Wildman–Crippen LogP) is 4.94. The molecular weight excluding hydrogens is 285 g/mol. The monoisotopic (exact) mass is 284 g/mol. The maximum atomic E-state index is 5.78. The molecule has 0 atom stereocenters. The van der Waals surface area contributed by atoms with Crippen molar-refractivity contribution in [1.29, 1.82) is 0 Å². The smallest absolute Gasteiger partial charge is 0.0888 e. The van der Waals surface area contributed by atoms with E-state index in [9.17, 15) is 0 Å². The van der Waals surface area contributed by atoms with Crippen LogP contribution < -0.4 is 0 Å². The third-order valence-electron chi connectivity index (χ3n) is 1.34. The van der Waals surface area contributed by atoms with E-state index in [1.165, 1.54) is 0 Å². The predicted molar refractivity (Wildman–Crippen MR) is 56.5 cm³/mol. The highest BCUT2D eigenvalue weighted by molar-refractivity contribution is 6.64. The van der Waals surface area contributed by atoms with Gasteiger partial charge in [-0.05, 0) is 0 Å². The third kappa shape index (κ3) is 1.84.